The van der Waals surface area contributed by atoms with Gasteiger partial charge in [0, 0.05) is 6.42 Å². The fraction of sp³-hybridized carbons (Fsp3) is 1.00. The van der Waals surface area contributed by atoms with Crippen molar-refractivity contribution >= 4 is 11.8 Å². The van der Waals surface area contributed by atoms with E-state index < -0.39 is 12.6 Å². The Kier molecular flexibility index (Phi) is 4.35. The zero-order valence-corrected chi connectivity index (χ0v) is 9.97. The lowest BCUT2D eigenvalue weighted by atomic mass is 10.1. The molecule has 0 bridgehead atoms. The molecule has 0 amide bonds. The van der Waals surface area contributed by atoms with E-state index in [4.69, 9.17) is 0 Å². The van der Waals surface area contributed by atoms with Crippen molar-refractivity contribution in [2.45, 2.75) is 44.2 Å². The van der Waals surface area contributed by atoms with Crippen LogP contribution in [-0.4, -0.2) is 23.3 Å². The Hall–Kier alpha value is 0.100. The third kappa shape index (κ3) is 5.11. The molecule has 0 saturated carbocycles. The molecular formula is C10H18F3NS. The second-order valence-corrected chi connectivity index (χ2v) is 6.02. The van der Waals surface area contributed by atoms with Crippen LogP contribution in [0.4, 0.5) is 13.2 Å². The fourth-order valence-electron chi connectivity index (χ4n) is 1.61. The summed E-state index contributed by atoms with van der Waals surface area (Å²) in [6, 6.07) is 0. The highest BCUT2D eigenvalue weighted by atomic mass is 32.2. The van der Waals surface area contributed by atoms with Crippen molar-refractivity contribution < 1.29 is 13.2 Å². The lowest BCUT2D eigenvalue weighted by molar-refractivity contribution is -0.135. The Morgan fingerprint density at radius 3 is 2.60 bits per heavy atom. The summed E-state index contributed by atoms with van der Waals surface area (Å²) in [5.41, 5.74) is 0. The van der Waals surface area contributed by atoms with Gasteiger partial charge in [0.15, 0.2) is 0 Å². The molecular weight excluding hydrogens is 223 g/mol. The van der Waals surface area contributed by atoms with Crippen LogP contribution in [0, 0.1) is 5.92 Å². The Morgan fingerprint density at radius 2 is 2.13 bits per heavy atom. The van der Waals surface area contributed by atoms with Crippen LogP contribution in [0.5, 0.6) is 0 Å². The second-order valence-electron chi connectivity index (χ2n) is 4.50. The summed E-state index contributed by atoms with van der Waals surface area (Å²) in [6.45, 7) is 5.06. The molecule has 5 heteroatoms. The van der Waals surface area contributed by atoms with E-state index in [9.17, 15) is 13.2 Å². The highest BCUT2D eigenvalue weighted by molar-refractivity contribution is 8.00. The van der Waals surface area contributed by atoms with Gasteiger partial charge in [-0.15, -0.1) is 11.8 Å². The van der Waals surface area contributed by atoms with Crippen molar-refractivity contribution in [2.24, 2.45) is 5.92 Å². The molecule has 1 aliphatic heterocycles. The van der Waals surface area contributed by atoms with Crippen molar-refractivity contribution in [1.29, 1.82) is 0 Å². The maximum Gasteiger partial charge on any atom is 0.389 e. The largest absolute Gasteiger partial charge is 0.389 e. The zero-order chi connectivity index (χ0) is 11.5. The van der Waals surface area contributed by atoms with E-state index >= 15 is 0 Å². The van der Waals surface area contributed by atoms with Crippen molar-refractivity contribution in [3.8, 4) is 0 Å². The molecule has 15 heavy (non-hydrogen) atoms. The first kappa shape index (κ1) is 13.2. The Bertz CT molecular complexity index is 197. The standard InChI is InChI=1S/C10H18F3NS/c1-8-6-14-9(2,15-7-8)4-3-5-10(11,12)13/h8,14H,3-7H2,1-2H3. The van der Waals surface area contributed by atoms with Gasteiger partial charge in [-0.05, 0) is 38.0 Å². The molecule has 0 spiro atoms. The highest BCUT2D eigenvalue weighted by Gasteiger charge is 2.32. The van der Waals surface area contributed by atoms with Gasteiger partial charge < -0.3 is 5.32 Å². The molecule has 1 rings (SSSR count). The molecule has 0 radical (unpaired) electrons. The highest BCUT2D eigenvalue weighted by Crippen LogP contribution is 2.34. The van der Waals surface area contributed by atoms with Gasteiger partial charge in [-0.25, -0.2) is 0 Å². The minimum Gasteiger partial charge on any atom is -0.303 e. The molecule has 1 nitrogen and oxygen atoms in total. The Labute approximate surface area is 93.2 Å². The van der Waals surface area contributed by atoms with E-state index in [1.807, 2.05) is 6.92 Å². The molecule has 1 fully saturated rings. The molecule has 90 valence electrons. The van der Waals surface area contributed by atoms with Crippen molar-refractivity contribution in [3.63, 3.8) is 0 Å². The molecule has 1 aliphatic rings. The van der Waals surface area contributed by atoms with Gasteiger partial charge in [-0.1, -0.05) is 6.92 Å². The third-order valence-corrected chi connectivity index (χ3v) is 4.35. The summed E-state index contributed by atoms with van der Waals surface area (Å²) in [7, 11) is 0. The second kappa shape index (κ2) is 4.95. The van der Waals surface area contributed by atoms with Gasteiger partial charge in [0.05, 0.1) is 4.87 Å². The SMILES string of the molecule is CC1CNC(C)(CCCC(F)(F)F)SC1. The first-order valence-corrected chi connectivity index (χ1v) is 6.25. The number of halogens is 3. The molecule has 0 aromatic rings. The summed E-state index contributed by atoms with van der Waals surface area (Å²) in [6.07, 6.45) is -3.87. The summed E-state index contributed by atoms with van der Waals surface area (Å²) < 4.78 is 35.9. The van der Waals surface area contributed by atoms with Crippen molar-refractivity contribution in [1.82, 2.24) is 5.32 Å². The van der Waals surface area contributed by atoms with E-state index in [0.29, 0.717) is 12.3 Å². The van der Waals surface area contributed by atoms with E-state index in [1.165, 1.54) is 0 Å². The molecule has 1 saturated heterocycles. The number of hydrogen-bond donors (Lipinski definition) is 1. The van der Waals surface area contributed by atoms with Crippen LogP contribution in [0.3, 0.4) is 0 Å². The third-order valence-electron chi connectivity index (χ3n) is 2.62. The van der Waals surface area contributed by atoms with Gasteiger partial charge >= 0.3 is 6.18 Å². The summed E-state index contributed by atoms with van der Waals surface area (Å²) >= 11 is 1.75. The predicted octanol–water partition coefficient (Wildman–Crippen LogP) is 3.41. The van der Waals surface area contributed by atoms with E-state index in [2.05, 4.69) is 12.2 Å². The Morgan fingerprint density at radius 1 is 1.47 bits per heavy atom. The lowest BCUT2D eigenvalue weighted by Gasteiger charge is -2.37. The van der Waals surface area contributed by atoms with Crippen molar-refractivity contribution in [3.05, 3.63) is 0 Å². The van der Waals surface area contributed by atoms with Crippen LogP contribution in [0.15, 0.2) is 0 Å². The smallest absolute Gasteiger partial charge is 0.303 e. The molecule has 0 aromatic heterocycles. The van der Waals surface area contributed by atoms with E-state index in [-0.39, 0.29) is 11.3 Å². The maximum absolute atomic E-state index is 12.0. The van der Waals surface area contributed by atoms with Gasteiger partial charge in [-0.3, -0.25) is 0 Å². The van der Waals surface area contributed by atoms with Crippen LogP contribution in [0.1, 0.15) is 33.1 Å². The topological polar surface area (TPSA) is 12.0 Å². The van der Waals surface area contributed by atoms with Crippen LogP contribution < -0.4 is 5.32 Å². The first-order chi connectivity index (χ1) is 6.81. The average molecular weight is 241 g/mol. The van der Waals surface area contributed by atoms with Crippen LogP contribution >= 0.6 is 11.8 Å². The number of nitrogens with one attached hydrogen (secondary N) is 1. The first-order valence-electron chi connectivity index (χ1n) is 5.26. The van der Waals surface area contributed by atoms with E-state index in [0.717, 1.165) is 12.3 Å². The average Bonchev–Trinajstić information content (AvgIpc) is 2.09. The molecule has 0 aromatic carbocycles. The number of rotatable bonds is 3. The lowest BCUT2D eigenvalue weighted by Crippen LogP contribution is -2.46. The van der Waals surface area contributed by atoms with Gasteiger partial charge in [0.1, 0.15) is 0 Å². The number of thioether (sulfide) groups is 1. The van der Waals surface area contributed by atoms with Crippen molar-refractivity contribution in [2.75, 3.05) is 12.3 Å². The molecule has 2 atom stereocenters. The fourth-order valence-corrected chi connectivity index (χ4v) is 2.86. The van der Waals surface area contributed by atoms with Gasteiger partial charge in [-0.2, -0.15) is 13.2 Å². The predicted molar refractivity (Wildman–Crippen MR) is 57.9 cm³/mol. The monoisotopic (exact) mass is 241 g/mol. The Balaban J connectivity index is 2.25. The quantitative estimate of drug-likeness (QED) is 0.812. The minimum atomic E-state index is -4.01. The zero-order valence-electron chi connectivity index (χ0n) is 9.16. The maximum atomic E-state index is 12.0. The molecule has 0 aliphatic carbocycles. The van der Waals surface area contributed by atoms with Crippen LogP contribution in [0.2, 0.25) is 0 Å². The van der Waals surface area contributed by atoms with E-state index in [1.54, 1.807) is 11.8 Å². The number of alkyl halides is 3. The minimum absolute atomic E-state index is 0.155. The van der Waals surface area contributed by atoms with Crippen LogP contribution in [0.25, 0.3) is 0 Å². The molecule has 1 N–H and O–H groups in total. The molecule has 1 heterocycles. The van der Waals surface area contributed by atoms with Gasteiger partial charge in [0.2, 0.25) is 0 Å². The normalized spacial score (nSPS) is 33.0. The number of hydrogen-bond acceptors (Lipinski definition) is 2. The summed E-state index contributed by atoms with van der Waals surface area (Å²) in [4.78, 5) is -0.155. The molecule has 2 unspecified atom stereocenters. The van der Waals surface area contributed by atoms with Gasteiger partial charge in [0.25, 0.3) is 0 Å². The van der Waals surface area contributed by atoms with Crippen LogP contribution in [-0.2, 0) is 0 Å². The summed E-state index contributed by atoms with van der Waals surface area (Å²) in [5.74, 6) is 1.65. The summed E-state index contributed by atoms with van der Waals surface area (Å²) in [5, 5.41) is 3.33.